The molecule has 0 amide bonds. The summed E-state index contributed by atoms with van der Waals surface area (Å²) >= 11 is 0. The highest BCUT2D eigenvalue weighted by molar-refractivity contribution is 5.88. The van der Waals surface area contributed by atoms with E-state index in [-0.39, 0.29) is 0 Å². The third kappa shape index (κ3) is 2.09. The van der Waals surface area contributed by atoms with Gasteiger partial charge in [0.2, 0.25) is 0 Å². The molecule has 18 heavy (non-hydrogen) atoms. The second kappa shape index (κ2) is 5.00. The summed E-state index contributed by atoms with van der Waals surface area (Å²) in [5.41, 5.74) is 2.45. The normalized spacial score (nSPS) is 17.2. The summed E-state index contributed by atoms with van der Waals surface area (Å²) in [6, 6.07) is 6.20. The number of aromatic amines is 1. The number of aromatic nitrogens is 1. The van der Waals surface area contributed by atoms with Crippen molar-refractivity contribution < 1.29 is 4.74 Å². The Morgan fingerprint density at radius 2 is 2.11 bits per heavy atom. The third-order valence-corrected chi connectivity index (χ3v) is 3.59. The van der Waals surface area contributed by atoms with Gasteiger partial charge in [0.05, 0.1) is 12.6 Å². The number of fused-ring (bicyclic) bond motifs is 1. The fourth-order valence-corrected chi connectivity index (χ4v) is 2.60. The lowest BCUT2D eigenvalue weighted by Crippen LogP contribution is -2.42. The summed E-state index contributed by atoms with van der Waals surface area (Å²) in [6.07, 6.45) is 2.11. The monoisotopic (exact) mass is 245 g/mol. The zero-order valence-electron chi connectivity index (χ0n) is 10.7. The highest BCUT2D eigenvalue weighted by atomic mass is 16.5. The van der Waals surface area contributed by atoms with Gasteiger partial charge < -0.3 is 15.0 Å². The van der Waals surface area contributed by atoms with Gasteiger partial charge in [-0.15, -0.1) is 0 Å². The predicted octanol–water partition coefficient (Wildman–Crippen LogP) is 1.58. The minimum Gasteiger partial charge on any atom is -0.495 e. The molecular formula is C14H19N3O. The molecular weight excluding hydrogens is 226 g/mol. The standard InChI is InChI=1S/C14H19N3O/c1-18-13-4-2-3-12-11(9-16-14(12)13)10-17-7-5-15-6-8-17/h2-4,9,15-16H,5-8,10H2,1H3. The Bertz CT molecular complexity index is 529. The Labute approximate surface area is 107 Å². The van der Waals surface area contributed by atoms with Crippen LogP contribution < -0.4 is 10.1 Å². The minimum atomic E-state index is 0.916. The number of hydrogen-bond donors (Lipinski definition) is 2. The first-order chi connectivity index (χ1) is 8.88. The lowest BCUT2D eigenvalue weighted by molar-refractivity contribution is 0.234. The summed E-state index contributed by atoms with van der Waals surface area (Å²) in [5, 5.41) is 4.65. The molecule has 0 bridgehead atoms. The molecule has 1 fully saturated rings. The Morgan fingerprint density at radius 3 is 2.89 bits per heavy atom. The van der Waals surface area contributed by atoms with Crippen molar-refractivity contribution >= 4 is 10.9 Å². The number of para-hydroxylation sites is 1. The van der Waals surface area contributed by atoms with Crippen LogP contribution in [0.5, 0.6) is 5.75 Å². The molecule has 2 aromatic rings. The van der Waals surface area contributed by atoms with Gasteiger partial charge >= 0.3 is 0 Å². The molecule has 1 aliphatic rings. The van der Waals surface area contributed by atoms with Gasteiger partial charge in [-0.2, -0.15) is 0 Å². The van der Waals surface area contributed by atoms with E-state index in [1.807, 2.05) is 6.07 Å². The fourth-order valence-electron chi connectivity index (χ4n) is 2.60. The van der Waals surface area contributed by atoms with Gasteiger partial charge in [0, 0.05) is 44.3 Å². The molecule has 0 saturated carbocycles. The quantitative estimate of drug-likeness (QED) is 0.862. The molecule has 1 aliphatic heterocycles. The fraction of sp³-hybridized carbons (Fsp3) is 0.429. The van der Waals surface area contributed by atoms with Crippen LogP contribution in [0.2, 0.25) is 0 Å². The summed E-state index contributed by atoms with van der Waals surface area (Å²) < 4.78 is 5.38. The summed E-state index contributed by atoms with van der Waals surface area (Å²) in [4.78, 5) is 5.81. The Morgan fingerprint density at radius 1 is 1.28 bits per heavy atom. The Balaban J connectivity index is 1.88. The Hall–Kier alpha value is -1.52. The third-order valence-electron chi connectivity index (χ3n) is 3.59. The lowest BCUT2D eigenvalue weighted by Gasteiger charge is -2.26. The highest BCUT2D eigenvalue weighted by Gasteiger charge is 2.13. The maximum absolute atomic E-state index is 5.38. The molecule has 1 saturated heterocycles. The molecule has 0 spiro atoms. The van der Waals surface area contributed by atoms with Crippen LogP contribution in [-0.4, -0.2) is 43.2 Å². The van der Waals surface area contributed by atoms with Crippen molar-refractivity contribution in [1.29, 1.82) is 0 Å². The molecule has 4 nitrogen and oxygen atoms in total. The number of rotatable bonds is 3. The molecule has 0 aliphatic carbocycles. The number of nitrogens with one attached hydrogen (secondary N) is 2. The van der Waals surface area contributed by atoms with E-state index in [0.29, 0.717) is 0 Å². The van der Waals surface area contributed by atoms with Gasteiger partial charge in [0.1, 0.15) is 5.75 Å². The molecule has 0 radical (unpaired) electrons. The number of H-pyrrole nitrogens is 1. The molecule has 0 atom stereocenters. The van der Waals surface area contributed by atoms with Crippen LogP contribution in [0.1, 0.15) is 5.56 Å². The van der Waals surface area contributed by atoms with Crippen molar-refractivity contribution in [1.82, 2.24) is 15.2 Å². The van der Waals surface area contributed by atoms with Crippen molar-refractivity contribution in [2.75, 3.05) is 33.3 Å². The molecule has 4 heteroatoms. The topological polar surface area (TPSA) is 40.3 Å². The highest BCUT2D eigenvalue weighted by Crippen LogP contribution is 2.27. The van der Waals surface area contributed by atoms with E-state index >= 15 is 0 Å². The minimum absolute atomic E-state index is 0.916. The van der Waals surface area contributed by atoms with E-state index in [9.17, 15) is 0 Å². The average Bonchev–Trinajstić information content (AvgIpc) is 2.83. The number of ether oxygens (including phenoxy) is 1. The van der Waals surface area contributed by atoms with Crippen LogP contribution in [0.15, 0.2) is 24.4 Å². The average molecular weight is 245 g/mol. The second-order valence-electron chi connectivity index (χ2n) is 4.72. The van der Waals surface area contributed by atoms with Gasteiger partial charge in [-0.25, -0.2) is 0 Å². The number of nitrogens with zero attached hydrogens (tertiary/aromatic N) is 1. The zero-order chi connectivity index (χ0) is 12.4. The van der Waals surface area contributed by atoms with Crippen LogP contribution in [0, 0.1) is 0 Å². The second-order valence-corrected chi connectivity index (χ2v) is 4.72. The smallest absolute Gasteiger partial charge is 0.142 e. The number of benzene rings is 1. The predicted molar refractivity (Wildman–Crippen MR) is 73.0 cm³/mol. The lowest BCUT2D eigenvalue weighted by atomic mass is 10.1. The van der Waals surface area contributed by atoms with Gasteiger partial charge in [-0.3, -0.25) is 4.90 Å². The van der Waals surface area contributed by atoms with E-state index in [1.165, 1.54) is 10.9 Å². The van der Waals surface area contributed by atoms with Gasteiger partial charge in [-0.05, 0) is 11.6 Å². The molecule has 1 aromatic carbocycles. The SMILES string of the molecule is COc1cccc2c(CN3CCNCC3)c[nH]c12. The van der Waals surface area contributed by atoms with Gasteiger partial charge in [-0.1, -0.05) is 12.1 Å². The first-order valence-electron chi connectivity index (χ1n) is 6.44. The largest absolute Gasteiger partial charge is 0.495 e. The summed E-state index contributed by atoms with van der Waals surface area (Å²) in [6.45, 7) is 5.43. The first kappa shape index (κ1) is 11.6. The van der Waals surface area contributed by atoms with Crippen LogP contribution in [0.4, 0.5) is 0 Å². The summed E-state index contributed by atoms with van der Waals surface area (Å²) in [5.74, 6) is 0.916. The van der Waals surface area contributed by atoms with Gasteiger partial charge in [0.15, 0.2) is 0 Å². The first-order valence-corrected chi connectivity index (χ1v) is 6.44. The van der Waals surface area contributed by atoms with Crippen molar-refractivity contribution in [2.24, 2.45) is 0 Å². The molecule has 0 unspecified atom stereocenters. The molecule has 96 valence electrons. The van der Waals surface area contributed by atoms with E-state index in [2.05, 4.69) is 33.5 Å². The van der Waals surface area contributed by atoms with E-state index in [1.54, 1.807) is 7.11 Å². The Kier molecular flexibility index (Phi) is 3.21. The van der Waals surface area contributed by atoms with Crippen LogP contribution in [0.3, 0.4) is 0 Å². The molecule has 3 rings (SSSR count). The molecule has 2 N–H and O–H groups in total. The van der Waals surface area contributed by atoms with Crippen molar-refractivity contribution in [3.63, 3.8) is 0 Å². The molecule has 1 aromatic heterocycles. The van der Waals surface area contributed by atoms with Crippen molar-refractivity contribution in [3.05, 3.63) is 30.0 Å². The number of hydrogen-bond acceptors (Lipinski definition) is 3. The number of piperazine rings is 1. The van der Waals surface area contributed by atoms with Crippen LogP contribution in [-0.2, 0) is 6.54 Å². The van der Waals surface area contributed by atoms with E-state index in [4.69, 9.17) is 4.74 Å². The maximum Gasteiger partial charge on any atom is 0.142 e. The van der Waals surface area contributed by atoms with Crippen LogP contribution in [0.25, 0.3) is 10.9 Å². The van der Waals surface area contributed by atoms with Gasteiger partial charge in [0.25, 0.3) is 0 Å². The maximum atomic E-state index is 5.38. The summed E-state index contributed by atoms with van der Waals surface area (Å²) in [7, 11) is 1.71. The van der Waals surface area contributed by atoms with Crippen molar-refractivity contribution in [2.45, 2.75) is 6.54 Å². The number of methoxy groups -OCH3 is 1. The van der Waals surface area contributed by atoms with Crippen molar-refractivity contribution in [3.8, 4) is 5.75 Å². The molecule has 2 heterocycles. The zero-order valence-corrected chi connectivity index (χ0v) is 10.7. The van der Waals surface area contributed by atoms with E-state index in [0.717, 1.165) is 44.0 Å². The van der Waals surface area contributed by atoms with E-state index < -0.39 is 0 Å². The van der Waals surface area contributed by atoms with Crippen LogP contribution >= 0.6 is 0 Å².